The third-order valence-electron chi connectivity index (χ3n) is 2.68. The molecule has 1 rings (SSSR count). The predicted molar refractivity (Wildman–Crippen MR) is 77.4 cm³/mol. The highest BCUT2D eigenvalue weighted by Gasteiger charge is 2.05. The molecule has 1 N–H and O–H groups in total. The highest BCUT2D eigenvalue weighted by atomic mass is 79.9. The molecule has 17 heavy (non-hydrogen) atoms. The van der Waals surface area contributed by atoms with Crippen LogP contribution in [0.1, 0.15) is 32.3 Å². The summed E-state index contributed by atoms with van der Waals surface area (Å²) in [7, 11) is 1.72. The van der Waals surface area contributed by atoms with Crippen LogP contribution in [0.3, 0.4) is 0 Å². The molecule has 0 heterocycles. The Balaban J connectivity index is 2.54. The van der Waals surface area contributed by atoms with E-state index < -0.39 is 0 Å². The van der Waals surface area contributed by atoms with Gasteiger partial charge in [-0.25, -0.2) is 0 Å². The minimum Gasteiger partial charge on any atom is -0.385 e. The molecule has 0 aliphatic rings. The summed E-state index contributed by atoms with van der Waals surface area (Å²) in [6, 6.07) is 6.20. The Morgan fingerprint density at radius 1 is 1.35 bits per heavy atom. The summed E-state index contributed by atoms with van der Waals surface area (Å²) in [5, 5.41) is 3.48. The zero-order valence-corrected chi connectivity index (χ0v) is 12.5. The first-order valence-corrected chi connectivity index (χ1v) is 6.94. The second kappa shape index (κ2) is 7.72. The van der Waals surface area contributed by atoms with Crippen molar-refractivity contribution >= 4 is 21.6 Å². The molecular formula is C14H22BrNO. The van der Waals surface area contributed by atoms with E-state index in [0.29, 0.717) is 6.61 Å². The second-order valence-corrected chi connectivity index (χ2v) is 5.52. The predicted octanol–water partition coefficient (Wildman–Crippen LogP) is 4.44. The number of methoxy groups -OCH3 is 1. The molecule has 96 valence electrons. The van der Waals surface area contributed by atoms with Gasteiger partial charge in [0.15, 0.2) is 0 Å². The van der Waals surface area contributed by atoms with Crippen LogP contribution in [-0.2, 0) is 11.3 Å². The summed E-state index contributed by atoms with van der Waals surface area (Å²) in [5.41, 5.74) is 2.37. The Labute approximate surface area is 113 Å². The van der Waals surface area contributed by atoms with E-state index >= 15 is 0 Å². The van der Waals surface area contributed by atoms with Gasteiger partial charge in [-0.1, -0.05) is 35.8 Å². The summed E-state index contributed by atoms with van der Waals surface area (Å²) in [6.45, 7) is 6.17. The Morgan fingerprint density at radius 2 is 2.12 bits per heavy atom. The van der Waals surface area contributed by atoms with Crippen LogP contribution < -0.4 is 5.32 Å². The van der Waals surface area contributed by atoms with Gasteiger partial charge in [0.2, 0.25) is 0 Å². The van der Waals surface area contributed by atoms with Crippen LogP contribution >= 0.6 is 15.9 Å². The van der Waals surface area contributed by atoms with Gasteiger partial charge in [0.1, 0.15) is 0 Å². The third-order valence-corrected chi connectivity index (χ3v) is 3.42. The van der Waals surface area contributed by atoms with Gasteiger partial charge in [-0.3, -0.25) is 0 Å². The maximum absolute atomic E-state index is 5.22. The van der Waals surface area contributed by atoms with Crippen LogP contribution in [0.15, 0.2) is 22.7 Å². The number of nitrogens with one attached hydrogen (secondary N) is 1. The van der Waals surface area contributed by atoms with E-state index in [-0.39, 0.29) is 0 Å². The van der Waals surface area contributed by atoms with Gasteiger partial charge in [-0.2, -0.15) is 0 Å². The van der Waals surface area contributed by atoms with E-state index in [9.17, 15) is 0 Å². The highest BCUT2D eigenvalue weighted by molar-refractivity contribution is 9.10. The quantitative estimate of drug-likeness (QED) is 0.751. The van der Waals surface area contributed by atoms with Gasteiger partial charge in [-0.05, 0) is 30.9 Å². The third kappa shape index (κ3) is 5.09. The highest BCUT2D eigenvalue weighted by Crippen LogP contribution is 2.25. The molecule has 1 aromatic rings. The number of anilines is 1. The van der Waals surface area contributed by atoms with Crippen LogP contribution in [0.25, 0.3) is 0 Å². The van der Waals surface area contributed by atoms with Crippen LogP contribution in [0, 0.1) is 5.92 Å². The van der Waals surface area contributed by atoms with E-state index in [1.54, 1.807) is 7.11 Å². The lowest BCUT2D eigenvalue weighted by Gasteiger charge is -2.13. The molecule has 0 fully saturated rings. The largest absolute Gasteiger partial charge is 0.385 e. The average Bonchev–Trinajstić information content (AvgIpc) is 2.28. The maximum atomic E-state index is 5.22. The molecule has 3 heteroatoms. The van der Waals surface area contributed by atoms with Crippen LogP contribution in [0.2, 0.25) is 0 Å². The molecule has 0 amide bonds. The summed E-state index contributed by atoms with van der Waals surface area (Å²) < 4.78 is 6.33. The molecule has 0 aliphatic carbocycles. The summed E-state index contributed by atoms with van der Waals surface area (Å²) in [4.78, 5) is 0. The maximum Gasteiger partial charge on any atom is 0.0744 e. The summed E-state index contributed by atoms with van der Waals surface area (Å²) in [6.07, 6.45) is 2.47. The van der Waals surface area contributed by atoms with E-state index in [1.807, 2.05) is 12.1 Å². The Kier molecular flexibility index (Phi) is 6.60. The lowest BCUT2D eigenvalue weighted by atomic mass is 10.1. The van der Waals surface area contributed by atoms with Crippen LogP contribution in [0.4, 0.5) is 5.69 Å². The van der Waals surface area contributed by atoms with E-state index in [1.165, 1.54) is 24.1 Å². The number of ether oxygens (including phenoxy) is 1. The molecule has 0 atom stereocenters. The summed E-state index contributed by atoms with van der Waals surface area (Å²) in [5.74, 6) is 0.776. The first-order chi connectivity index (χ1) is 8.15. The van der Waals surface area contributed by atoms with Crippen molar-refractivity contribution in [3.8, 4) is 0 Å². The standard InChI is InChI=1S/C14H22BrNO/c1-11(2)6-5-9-16-14-8-4-7-13(15)12(14)10-17-3/h4,7-8,11,16H,5-6,9-10H2,1-3H3. The van der Waals surface area contributed by atoms with Crippen molar-refractivity contribution in [2.24, 2.45) is 5.92 Å². The molecule has 0 bridgehead atoms. The number of benzene rings is 1. The first kappa shape index (κ1) is 14.5. The smallest absolute Gasteiger partial charge is 0.0744 e. The van der Waals surface area contributed by atoms with Crippen LogP contribution in [-0.4, -0.2) is 13.7 Å². The number of rotatable bonds is 7. The zero-order valence-electron chi connectivity index (χ0n) is 10.9. The molecule has 0 aromatic heterocycles. The fourth-order valence-electron chi connectivity index (χ4n) is 1.75. The number of halogens is 1. The van der Waals surface area contributed by atoms with Gasteiger partial charge >= 0.3 is 0 Å². The average molecular weight is 300 g/mol. The molecule has 0 spiro atoms. The van der Waals surface area contributed by atoms with E-state index in [0.717, 1.165) is 16.9 Å². The molecule has 1 aromatic carbocycles. The fourth-order valence-corrected chi connectivity index (χ4v) is 2.23. The first-order valence-electron chi connectivity index (χ1n) is 6.15. The van der Waals surface area contributed by atoms with Crippen molar-refractivity contribution in [2.75, 3.05) is 19.0 Å². The second-order valence-electron chi connectivity index (χ2n) is 4.66. The zero-order chi connectivity index (χ0) is 12.7. The molecule has 0 aliphatic heterocycles. The monoisotopic (exact) mass is 299 g/mol. The Bertz CT molecular complexity index is 339. The molecule has 0 unspecified atom stereocenters. The van der Waals surface area contributed by atoms with Gasteiger partial charge in [0.25, 0.3) is 0 Å². The van der Waals surface area contributed by atoms with Crippen molar-refractivity contribution in [1.82, 2.24) is 0 Å². The lowest BCUT2D eigenvalue weighted by Crippen LogP contribution is -2.06. The molecular weight excluding hydrogens is 278 g/mol. The SMILES string of the molecule is COCc1c(Br)cccc1NCCCC(C)C. The van der Waals surface area contributed by atoms with Crippen molar-refractivity contribution in [3.05, 3.63) is 28.2 Å². The van der Waals surface area contributed by atoms with E-state index in [2.05, 4.69) is 41.2 Å². The molecule has 0 saturated heterocycles. The van der Waals surface area contributed by atoms with Crippen molar-refractivity contribution < 1.29 is 4.74 Å². The van der Waals surface area contributed by atoms with E-state index in [4.69, 9.17) is 4.74 Å². The van der Waals surface area contributed by atoms with Gasteiger partial charge in [0.05, 0.1) is 6.61 Å². The van der Waals surface area contributed by atoms with Gasteiger partial charge in [0, 0.05) is 29.4 Å². The lowest BCUT2D eigenvalue weighted by molar-refractivity contribution is 0.185. The molecule has 2 nitrogen and oxygen atoms in total. The molecule has 0 saturated carbocycles. The Morgan fingerprint density at radius 3 is 2.76 bits per heavy atom. The fraction of sp³-hybridized carbons (Fsp3) is 0.571. The van der Waals surface area contributed by atoms with Crippen LogP contribution in [0.5, 0.6) is 0 Å². The minimum absolute atomic E-state index is 0.633. The number of hydrogen-bond acceptors (Lipinski definition) is 2. The number of hydrogen-bond donors (Lipinski definition) is 1. The van der Waals surface area contributed by atoms with Crippen molar-refractivity contribution in [1.29, 1.82) is 0 Å². The van der Waals surface area contributed by atoms with Crippen molar-refractivity contribution in [3.63, 3.8) is 0 Å². The minimum atomic E-state index is 0.633. The summed E-state index contributed by atoms with van der Waals surface area (Å²) >= 11 is 3.56. The van der Waals surface area contributed by atoms with Gasteiger partial charge < -0.3 is 10.1 Å². The topological polar surface area (TPSA) is 21.3 Å². The normalized spacial score (nSPS) is 10.9. The molecule has 0 radical (unpaired) electrons. The van der Waals surface area contributed by atoms with Gasteiger partial charge in [-0.15, -0.1) is 0 Å². The Hall–Kier alpha value is -0.540. The van der Waals surface area contributed by atoms with Crippen molar-refractivity contribution in [2.45, 2.75) is 33.3 Å².